The van der Waals surface area contributed by atoms with Gasteiger partial charge in [-0.3, -0.25) is 0 Å². The number of imidazole rings is 1. The molecule has 0 saturated heterocycles. The molecule has 0 radical (unpaired) electrons. The molecule has 0 aliphatic heterocycles. The first-order valence-corrected chi connectivity index (χ1v) is 8.92. The quantitative estimate of drug-likeness (QED) is 0.692. The Morgan fingerprint density at radius 1 is 1.30 bits per heavy atom. The molecule has 1 aromatic carbocycles. The Hall–Kier alpha value is -1.38. The smallest absolute Gasteiger partial charge is 0.226 e. The summed E-state index contributed by atoms with van der Waals surface area (Å²) in [7, 11) is -3.49. The number of anilines is 1. The van der Waals surface area contributed by atoms with Crippen LogP contribution in [0.3, 0.4) is 0 Å². The predicted octanol–water partition coefficient (Wildman–Crippen LogP) is 2.94. The number of thiophene rings is 1. The first kappa shape index (κ1) is 13.6. The van der Waals surface area contributed by atoms with E-state index in [0.717, 1.165) is 8.66 Å². The normalized spacial score (nSPS) is 12.1. The molecule has 0 amide bonds. The molecule has 0 aliphatic rings. The van der Waals surface area contributed by atoms with Crippen molar-refractivity contribution in [1.29, 1.82) is 0 Å². The summed E-state index contributed by atoms with van der Waals surface area (Å²) in [5.74, 6) is -0.0709. The number of nitrogen functional groups attached to an aromatic ring is 1. The van der Waals surface area contributed by atoms with Crippen LogP contribution in [0, 0.1) is 0 Å². The van der Waals surface area contributed by atoms with Crippen LogP contribution in [0.1, 0.15) is 4.88 Å². The Morgan fingerprint density at radius 3 is 2.80 bits per heavy atom. The van der Waals surface area contributed by atoms with Crippen molar-refractivity contribution in [3.63, 3.8) is 0 Å². The summed E-state index contributed by atoms with van der Waals surface area (Å²) in [6, 6.07) is 8.67. The number of halogens is 1. The van der Waals surface area contributed by atoms with E-state index in [4.69, 9.17) is 5.73 Å². The molecule has 3 aromatic rings. The van der Waals surface area contributed by atoms with Crippen molar-refractivity contribution in [1.82, 2.24) is 9.97 Å². The van der Waals surface area contributed by atoms with Gasteiger partial charge in [-0.05, 0) is 46.3 Å². The monoisotopic (exact) mass is 371 g/mol. The second-order valence-corrected chi connectivity index (χ2v) is 8.74. The van der Waals surface area contributed by atoms with Crippen LogP contribution in [-0.4, -0.2) is 18.4 Å². The lowest BCUT2D eigenvalue weighted by atomic mass is 10.3. The van der Waals surface area contributed by atoms with Gasteiger partial charge in [0.1, 0.15) is 0 Å². The summed E-state index contributed by atoms with van der Waals surface area (Å²) in [5.41, 5.74) is 7.44. The standard InChI is InChI=1S/C12H10BrN3O2S2/c13-11-4-2-8(19-11)6-20(17,18)12-15-9-3-1-7(14)5-10(9)16-12/h1-5H,6,14H2,(H,15,16). The topological polar surface area (TPSA) is 88.8 Å². The summed E-state index contributed by atoms with van der Waals surface area (Å²) in [6.07, 6.45) is 0. The van der Waals surface area contributed by atoms with Crippen LogP contribution in [0.2, 0.25) is 0 Å². The second-order valence-electron chi connectivity index (χ2n) is 4.28. The van der Waals surface area contributed by atoms with Crippen LogP contribution >= 0.6 is 27.3 Å². The molecular weight excluding hydrogens is 362 g/mol. The predicted molar refractivity (Wildman–Crippen MR) is 83.4 cm³/mol. The van der Waals surface area contributed by atoms with Crippen molar-refractivity contribution in [3.05, 3.63) is 39.0 Å². The van der Waals surface area contributed by atoms with Crippen LogP contribution in [-0.2, 0) is 15.6 Å². The lowest BCUT2D eigenvalue weighted by molar-refractivity contribution is 0.589. The highest BCUT2D eigenvalue weighted by Crippen LogP contribution is 2.26. The number of hydrogen-bond donors (Lipinski definition) is 2. The van der Waals surface area contributed by atoms with Crippen molar-refractivity contribution in [3.8, 4) is 0 Å². The van der Waals surface area contributed by atoms with E-state index in [2.05, 4.69) is 25.9 Å². The Labute approximate surface area is 127 Å². The van der Waals surface area contributed by atoms with Crippen LogP contribution < -0.4 is 5.73 Å². The number of aromatic nitrogens is 2. The Bertz CT molecular complexity index is 883. The van der Waals surface area contributed by atoms with Crippen molar-refractivity contribution >= 4 is 53.8 Å². The maximum absolute atomic E-state index is 12.3. The van der Waals surface area contributed by atoms with E-state index in [9.17, 15) is 8.42 Å². The molecule has 0 unspecified atom stereocenters. The molecule has 8 heteroatoms. The SMILES string of the molecule is Nc1ccc2nc(S(=O)(=O)Cc3ccc(Br)s3)[nH]c2c1. The van der Waals surface area contributed by atoms with Crippen molar-refractivity contribution in [2.24, 2.45) is 0 Å². The Morgan fingerprint density at radius 2 is 2.10 bits per heavy atom. The fourth-order valence-electron chi connectivity index (χ4n) is 1.84. The molecule has 0 saturated carbocycles. The molecule has 104 valence electrons. The average Bonchev–Trinajstić information content (AvgIpc) is 2.95. The van der Waals surface area contributed by atoms with Crippen molar-refractivity contribution in [2.45, 2.75) is 10.9 Å². The van der Waals surface area contributed by atoms with Gasteiger partial charge in [0.2, 0.25) is 15.0 Å². The van der Waals surface area contributed by atoms with Gasteiger partial charge in [-0.1, -0.05) is 0 Å². The molecular formula is C12H10BrN3O2S2. The van der Waals surface area contributed by atoms with Gasteiger partial charge in [-0.25, -0.2) is 13.4 Å². The number of benzene rings is 1. The molecule has 3 rings (SSSR count). The van der Waals surface area contributed by atoms with Crippen LogP contribution in [0.4, 0.5) is 5.69 Å². The minimum absolute atomic E-state index is 0.0253. The molecule has 5 nitrogen and oxygen atoms in total. The lowest BCUT2D eigenvalue weighted by Crippen LogP contribution is -2.05. The number of nitrogens with zero attached hydrogens (tertiary/aromatic N) is 1. The number of H-pyrrole nitrogens is 1. The number of fused-ring (bicyclic) bond motifs is 1. The maximum atomic E-state index is 12.3. The van der Waals surface area contributed by atoms with Crippen LogP contribution in [0.25, 0.3) is 11.0 Å². The zero-order valence-electron chi connectivity index (χ0n) is 10.1. The average molecular weight is 372 g/mol. The zero-order chi connectivity index (χ0) is 14.3. The van der Waals surface area contributed by atoms with Gasteiger partial charge in [-0.15, -0.1) is 11.3 Å². The number of nitrogens with one attached hydrogen (secondary N) is 1. The van der Waals surface area contributed by atoms with Gasteiger partial charge in [0.15, 0.2) is 0 Å². The summed E-state index contributed by atoms with van der Waals surface area (Å²) >= 11 is 4.71. The molecule has 0 fully saturated rings. The van der Waals surface area contributed by atoms with E-state index in [0.29, 0.717) is 16.7 Å². The van der Waals surface area contributed by atoms with Gasteiger partial charge in [0.25, 0.3) is 0 Å². The lowest BCUT2D eigenvalue weighted by Gasteiger charge is -1.97. The number of rotatable bonds is 3. The third kappa shape index (κ3) is 2.58. The summed E-state index contributed by atoms with van der Waals surface area (Å²) in [4.78, 5) is 7.70. The van der Waals surface area contributed by atoms with Gasteiger partial charge in [0, 0.05) is 10.6 Å². The fourth-order valence-corrected chi connectivity index (χ4v) is 4.93. The first-order valence-electron chi connectivity index (χ1n) is 5.66. The minimum atomic E-state index is -3.49. The van der Waals surface area contributed by atoms with E-state index in [1.807, 2.05) is 6.07 Å². The van der Waals surface area contributed by atoms with Gasteiger partial charge in [0.05, 0.1) is 20.6 Å². The first-order chi connectivity index (χ1) is 9.44. The van der Waals surface area contributed by atoms with Gasteiger partial charge in [-0.2, -0.15) is 0 Å². The van der Waals surface area contributed by atoms with Gasteiger partial charge >= 0.3 is 0 Å². The van der Waals surface area contributed by atoms with Crippen molar-refractivity contribution in [2.75, 3.05) is 5.73 Å². The summed E-state index contributed by atoms with van der Waals surface area (Å²) in [6.45, 7) is 0. The molecule has 2 aromatic heterocycles. The van der Waals surface area contributed by atoms with E-state index >= 15 is 0 Å². The second kappa shape index (κ2) is 4.87. The molecule has 2 heterocycles. The minimum Gasteiger partial charge on any atom is -0.399 e. The number of nitrogens with two attached hydrogens (primary N) is 1. The Kier molecular flexibility index (Phi) is 3.31. The molecule has 0 aliphatic carbocycles. The third-order valence-corrected chi connectivity index (χ3v) is 6.02. The summed E-state index contributed by atoms with van der Waals surface area (Å²) < 4.78 is 25.6. The number of aromatic amines is 1. The highest BCUT2D eigenvalue weighted by atomic mass is 79.9. The zero-order valence-corrected chi connectivity index (χ0v) is 13.3. The fraction of sp³-hybridized carbons (Fsp3) is 0.0833. The van der Waals surface area contributed by atoms with Gasteiger partial charge < -0.3 is 10.7 Å². The molecule has 0 bridgehead atoms. The van der Waals surface area contributed by atoms with E-state index in [-0.39, 0.29) is 10.9 Å². The molecule has 20 heavy (non-hydrogen) atoms. The Balaban J connectivity index is 2.00. The van der Waals surface area contributed by atoms with E-state index in [1.165, 1.54) is 11.3 Å². The number of hydrogen-bond acceptors (Lipinski definition) is 5. The van der Waals surface area contributed by atoms with E-state index < -0.39 is 9.84 Å². The highest BCUT2D eigenvalue weighted by Gasteiger charge is 2.20. The largest absolute Gasteiger partial charge is 0.399 e. The molecule has 0 atom stereocenters. The van der Waals surface area contributed by atoms with E-state index in [1.54, 1.807) is 24.3 Å². The molecule has 3 N–H and O–H groups in total. The van der Waals surface area contributed by atoms with Crippen LogP contribution in [0.5, 0.6) is 0 Å². The summed E-state index contributed by atoms with van der Waals surface area (Å²) in [5, 5.41) is -0.0253. The highest BCUT2D eigenvalue weighted by molar-refractivity contribution is 9.11. The number of sulfone groups is 1. The third-order valence-electron chi connectivity index (χ3n) is 2.74. The maximum Gasteiger partial charge on any atom is 0.226 e. The van der Waals surface area contributed by atoms with Crippen LogP contribution in [0.15, 0.2) is 39.3 Å². The molecule has 0 spiro atoms. The van der Waals surface area contributed by atoms with Crippen molar-refractivity contribution < 1.29 is 8.42 Å².